The number of carbonyl (C=O) groups is 2. The molecule has 0 radical (unpaired) electrons. The van der Waals surface area contributed by atoms with Gasteiger partial charge in [0.25, 0.3) is 23.5 Å². The van der Waals surface area contributed by atoms with Crippen LogP contribution in [0.15, 0.2) is 71.3 Å². The minimum atomic E-state index is -0.506. The van der Waals surface area contributed by atoms with Gasteiger partial charge in [0, 0.05) is 27.9 Å². The summed E-state index contributed by atoms with van der Waals surface area (Å²) in [5.41, 5.74) is 2.13. The zero-order valence-electron chi connectivity index (χ0n) is 18.2. The largest absolute Gasteiger partial charge is 0.497 e. The van der Waals surface area contributed by atoms with Gasteiger partial charge in [0.15, 0.2) is 0 Å². The summed E-state index contributed by atoms with van der Waals surface area (Å²) in [6.07, 6.45) is 1.59. The minimum absolute atomic E-state index is 0.125. The van der Waals surface area contributed by atoms with Crippen LogP contribution in [0, 0.1) is 6.92 Å². The Morgan fingerprint density at radius 3 is 2.53 bits per heavy atom. The number of aromatic nitrogens is 4. The van der Waals surface area contributed by atoms with Crippen LogP contribution in [0.3, 0.4) is 0 Å². The van der Waals surface area contributed by atoms with E-state index in [4.69, 9.17) is 20.8 Å². The lowest BCUT2D eigenvalue weighted by Gasteiger charge is -2.08. The van der Waals surface area contributed by atoms with Crippen molar-refractivity contribution in [3.05, 3.63) is 94.6 Å². The number of rotatable bonds is 5. The Morgan fingerprint density at radius 1 is 1.03 bits per heavy atom. The van der Waals surface area contributed by atoms with Crippen LogP contribution >= 0.6 is 11.6 Å². The summed E-state index contributed by atoms with van der Waals surface area (Å²) in [4.78, 5) is 31.1. The van der Waals surface area contributed by atoms with Crippen molar-refractivity contribution in [1.29, 1.82) is 0 Å². The molecule has 0 fully saturated rings. The number of benzene rings is 2. The zero-order valence-corrected chi connectivity index (χ0v) is 18.9. The van der Waals surface area contributed by atoms with E-state index in [-0.39, 0.29) is 23.3 Å². The molecule has 5 rings (SSSR count). The number of carbonyl (C=O) groups excluding carboxylic acids is 2. The first-order valence-electron chi connectivity index (χ1n) is 10.3. The van der Waals surface area contributed by atoms with E-state index in [1.165, 1.54) is 11.7 Å². The third kappa shape index (κ3) is 3.64. The van der Waals surface area contributed by atoms with Gasteiger partial charge in [-0.05, 0) is 61.5 Å². The molecule has 3 aromatic heterocycles. The highest BCUT2D eigenvalue weighted by atomic mass is 35.5. The Hall–Kier alpha value is -4.30. The number of hydrogen-bond donors (Lipinski definition) is 0. The van der Waals surface area contributed by atoms with Crippen LogP contribution in [0.25, 0.3) is 22.5 Å². The maximum atomic E-state index is 13.5. The van der Waals surface area contributed by atoms with E-state index in [1.54, 1.807) is 73.8 Å². The molecule has 8 nitrogen and oxygen atoms in total. The Labute approximate surface area is 198 Å². The highest BCUT2D eigenvalue weighted by molar-refractivity contribution is 6.30. The molecule has 0 saturated carbocycles. The van der Waals surface area contributed by atoms with Gasteiger partial charge in [-0.15, -0.1) is 10.2 Å². The highest BCUT2D eigenvalue weighted by Gasteiger charge is 2.28. The van der Waals surface area contributed by atoms with Crippen LogP contribution in [-0.4, -0.2) is 38.5 Å². The van der Waals surface area contributed by atoms with Crippen molar-refractivity contribution in [3.8, 4) is 17.3 Å². The average Bonchev–Trinajstić information content (AvgIpc) is 3.46. The second-order valence-corrected chi connectivity index (χ2v) is 7.88. The standard InChI is InChI=1S/C25H17ClN4O4/c1-14-21(22(31)24-29-28-23(34-24)19-5-3-4-12-27-19)18-13-17(33-2)10-11-20(18)30(14)25(32)15-6-8-16(26)9-7-15/h3-13H,1-2H3. The molecule has 0 spiro atoms. The number of nitrogens with zero attached hydrogens (tertiary/aromatic N) is 4. The molecule has 0 aliphatic heterocycles. The van der Waals surface area contributed by atoms with Gasteiger partial charge in [-0.25, -0.2) is 0 Å². The quantitative estimate of drug-likeness (QED) is 0.332. The maximum Gasteiger partial charge on any atom is 0.289 e. The predicted molar refractivity (Wildman–Crippen MR) is 125 cm³/mol. The predicted octanol–water partition coefficient (Wildman–Crippen LogP) is 4.98. The van der Waals surface area contributed by atoms with E-state index in [2.05, 4.69) is 15.2 Å². The van der Waals surface area contributed by atoms with Crippen LogP contribution in [0.5, 0.6) is 5.75 Å². The van der Waals surface area contributed by atoms with Gasteiger partial charge in [0.1, 0.15) is 11.4 Å². The topological polar surface area (TPSA) is 100 Å². The molecular formula is C25H17ClN4O4. The maximum absolute atomic E-state index is 13.5. The zero-order chi connectivity index (χ0) is 23.8. The van der Waals surface area contributed by atoms with Gasteiger partial charge in [-0.1, -0.05) is 17.7 Å². The molecule has 5 aromatic rings. The lowest BCUT2D eigenvalue weighted by Crippen LogP contribution is -2.14. The van der Waals surface area contributed by atoms with E-state index >= 15 is 0 Å². The fraction of sp³-hybridized carbons (Fsp3) is 0.0800. The third-order valence-electron chi connectivity index (χ3n) is 5.44. The summed E-state index contributed by atoms with van der Waals surface area (Å²) >= 11 is 5.98. The van der Waals surface area contributed by atoms with E-state index in [1.807, 2.05) is 0 Å². The first kappa shape index (κ1) is 21.5. The molecule has 168 valence electrons. The molecule has 0 unspecified atom stereocenters. The van der Waals surface area contributed by atoms with Crippen molar-refractivity contribution in [2.24, 2.45) is 0 Å². The van der Waals surface area contributed by atoms with Gasteiger partial charge in [-0.2, -0.15) is 0 Å². The van der Waals surface area contributed by atoms with Crippen LogP contribution in [0.1, 0.15) is 32.3 Å². The van der Waals surface area contributed by atoms with Gasteiger partial charge >= 0.3 is 0 Å². The lowest BCUT2D eigenvalue weighted by atomic mass is 10.1. The van der Waals surface area contributed by atoms with Crippen molar-refractivity contribution in [1.82, 2.24) is 19.7 Å². The summed E-state index contributed by atoms with van der Waals surface area (Å²) in [5, 5.41) is 8.95. The number of halogens is 1. The number of ketones is 1. The van der Waals surface area contributed by atoms with Crippen molar-refractivity contribution >= 4 is 34.2 Å². The summed E-state index contributed by atoms with van der Waals surface area (Å²) in [6.45, 7) is 1.70. The van der Waals surface area contributed by atoms with Gasteiger partial charge < -0.3 is 9.15 Å². The number of methoxy groups -OCH3 is 1. The van der Waals surface area contributed by atoms with Crippen LogP contribution in [0.2, 0.25) is 5.02 Å². The SMILES string of the molecule is COc1ccc2c(c1)c(C(=O)c1nnc(-c3ccccn3)o1)c(C)n2C(=O)c1ccc(Cl)cc1. The van der Waals surface area contributed by atoms with E-state index in [0.717, 1.165) is 0 Å². The van der Waals surface area contributed by atoms with Crippen LogP contribution in [0.4, 0.5) is 0 Å². The number of ether oxygens (including phenoxy) is 1. The van der Waals surface area contributed by atoms with E-state index < -0.39 is 5.78 Å². The number of fused-ring (bicyclic) bond motifs is 1. The molecule has 0 amide bonds. The monoisotopic (exact) mass is 472 g/mol. The van der Waals surface area contributed by atoms with Crippen LogP contribution in [-0.2, 0) is 0 Å². The van der Waals surface area contributed by atoms with Crippen LogP contribution < -0.4 is 4.74 Å². The molecule has 9 heteroatoms. The second-order valence-electron chi connectivity index (χ2n) is 7.45. The lowest BCUT2D eigenvalue weighted by molar-refractivity contribution is 0.0963. The molecule has 0 aliphatic carbocycles. The van der Waals surface area contributed by atoms with Gasteiger partial charge in [-0.3, -0.25) is 19.1 Å². The molecule has 0 atom stereocenters. The Bertz CT molecular complexity index is 1540. The van der Waals surface area contributed by atoms with Crippen molar-refractivity contribution in [2.75, 3.05) is 7.11 Å². The van der Waals surface area contributed by atoms with Crippen molar-refractivity contribution < 1.29 is 18.7 Å². The first-order valence-corrected chi connectivity index (χ1v) is 10.6. The number of pyridine rings is 1. The summed E-state index contributed by atoms with van der Waals surface area (Å²) in [5.74, 6) is -0.349. The average molecular weight is 473 g/mol. The Balaban J connectivity index is 1.66. The Kier molecular flexibility index (Phi) is 5.43. The smallest absolute Gasteiger partial charge is 0.289 e. The minimum Gasteiger partial charge on any atom is -0.497 e. The fourth-order valence-electron chi connectivity index (χ4n) is 3.81. The fourth-order valence-corrected chi connectivity index (χ4v) is 3.94. The van der Waals surface area contributed by atoms with E-state index in [9.17, 15) is 9.59 Å². The molecule has 34 heavy (non-hydrogen) atoms. The summed E-state index contributed by atoms with van der Waals surface area (Å²) in [6, 6.07) is 17.0. The summed E-state index contributed by atoms with van der Waals surface area (Å²) < 4.78 is 12.5. The normalized spacial score (nSPS) is 11.0. The van der Waals surface area contributed by atoms with E-state index in [0.29, 0.717) is 38.6 Å². The molecular weight excluding hydrogens is 456 g/mol. The molecule has 2 aromatic carbocycles. The molecule has 0 aliphatic rings. The highest BCUT2D eigenvalue weighted by Crippen LogP contribution is 2.32. The van der Waals surface area contributed by atoms with Crippen molar-refractivity contribution in [2.45, 2.75) is 6.92 Å². The molecule has 3 heterocycles. The third-order valence-corrected chi connectivity index (χ3v) is 5.69. The van der Waals surface area contributed by atoms with Gasteiger partial charge in [0.05, 0.1) is 18.2 Å². The second kappa shape index (κ2) is 8.57. The van der Waals surface area contributed by atoms with Crippen molar-refractivity contribution in [3.63, 3.8) is 0 Å². The molecule has 0 bridgehead atoms. The summed E-state index contributed by atoms with van der Waals surface area (Å²) in [7, 11) is 1.53. The Morgan fingerprint density at radius 2 is 1.82 bits per heavy atom. The molecule has 0 N–H and O–H groups in total. The van der Waals surface area contributed by atoms with Gasteiger partial charge in [0.2, 0.25) is 0 Å². The number of hydrogen-bond acceptors (Lipinski definition) is 7. The first-order chi connectivity index (χ1) is 16.5. The molecule has 0 saturated heterocycles.